The average Bonchev–Trinajstić information content (AvgIpc) is 3.36. The number of aryl methyl sites for hydroxylation is 1. The van der Waals surface area contributed by atoms with Crippen LogP contribution in [-0.2, 0) is 29.5 Å². The molecule has 2 heterocycles. The predicted molar refractivity (Wildman–Crippen MR) is 130 cm³/mol. The third kappa shape index (κ3) is 7.40. The smallest absolute Gasteiger partial charge is 0.238 e. The van der Waals surface area contributed by atoms with Gasteiger partial charge in [-0.05, 0) is 42.8 Å². The van der Waals surface area contributed by atoms with E-state index in [1.807, 2.05) is 37.1 Å². The molecule has 0 unspecified atom stereocenters. The topological polar surface area (TPSA) is 114 Å². The van der Waals surface area contributed by atoms with Crippen LogP contribution in [-0.4, -0.2) is 32.9 Å². The van der Waals surface area contributed by atoms with E-state index in [0.29, 0.717) is 19.6 Å². The number of nitrogens with one attached hydrogen (secondary N) is 1. The maximum absolute atomic E-state index is 11.4. The van der Waals surface area contributed by atoms with Gasteiger partial charge in [-0.2, -0.15) is 0 Å². The Bertz CT molecular complexity index is 1080. The van der Waals surface area contributed by atoms with E-state index < -0.39 is 10.0 Å². The molecule has 0 saturated carbocycles. The number of guanidine groups is 1. The average molecular weight is 558 g/mol. The largest absolute Gasteiger partial charge is 0.469 e. The summed E-state index contributed by atoms with van der Waals surface area (Å²) in [7, 11) is -1.75. The zero-order valence-corrected chi connectivity index (χ0v) is 20.6. The summed E-state index contributed by atoms with van der Waals surface area (Å²) in [5.74, 6) is 2.49. The highest BCUT2D eigenvalue weighted by Gasteiger charge is 2.11. The molecule has 2 aromatic heterocycles. The molecule has 0 saturated heterocycles. The molecule has 3 N–H and O–H groups in total. The molecule has 10 heteroatoms. The lowest BCUT2D eigenvalue weighted by Crippen LogP contribution is -2.39. The summed E-state index contributed by atoms with van der Waals surface area (Å²) < 4.78 is 33.6. The SMILES string of the molecule is Cc1occc1CN(C)C(=NCc1ccc(S(N)(=O)=O)cc1)NCCc1ccco1.I. The van der Waals surface area contributed by atoms with Crippen LogP contribution >= 0.6 is 24.0 Å². The Kier molecular flexibility index (Phi) is 9.14. The zero-order chi connectivity index (χ0) is 21.6. The van der Waals surface area contributed by atoms with E-state index in [9.17, 15) is 8.42 Å². The van der Waals surface area contributed by atoms with E-state index in [-0.39, 0.29) is 28.9 Å². The molecular weight excluding hydrogens is 531 g/mol. The van der Waals surface area contributed by atoms with Crippen LogP contribution in [0.15, 0.2) is 73.7 Å². The number of rotatable bonds is 8. The van der Waals surface area contributed by atoms with E-state index in [1.165, 1.54) is 12.1 Å². The first kappa shape index (κ1) is 25.0. The van der Waals surface area contributed by atoms with Crippen LogP contribution in [0, 0.1) is 6.92 Å². The maximum Gasteiger partial charge on any atom is 0.238 e. The minimum atomic E-state index is -3.71. The Labute approximate surface area is 199 Å². The zero-order valence-electron chi connectivity index (χ0n) is 17.4. The maximum atomic E-state index is 11.4. The van der Waals surface area contributed by atoms with Crippen LogP contribution in [0.4, 0.5) is 0 Å². The Morgan fingerprint density at radius 2 is 1.87 bits per heavy atom. The predicted octanol–water partition coefficient (Wildman–Crippen LogP) is 3.27. The van der Waals surface area contributed by atoms with Crippen LogP contribution in [0.3, 0.4) is 0 Å². The summed E-state index contributed by atoms with van der Waals surface area (Å²) in [5.41, 5.74) is 1.95. The van der Waals surface area contributed by atoms with Crippen molar-refractivity contribution < 1.29 is 17.3 Å². The van der Waals surface area contributed by atoms with Gasteiger partial charge in [0.05, 0.1) is 24.0 Å². The minimum absolute atomic E-state index is 0. The second kappa shape index (κ2) is 11.3. The first-order chi connectivity index (χ1) is 14.3. The lowest BCUT2D eigenvalue weighted by Gasteiger charge is -2.22. The summed E-state index contributed by atoms with van der Waals surface area (Å²) in [6.07, 6.45) is 4.06. The molecular formula is C21H27IN4O4S. The molecule has 0 aliphatic rings. The first-order valence-corrected chi connectivity index (χ1v) is 11.0. The van der Waals surface area contributed by atoms with Crippen molar-refractivity contribution in [1.29, 1.82) is 0 Å². The molecule has 0 fully saturated rings. The minimum Gasteiger partial charge on any atom is -0.469 e. The summed E-state index contributed by atoms with van der Waals surface area (Å²) in [6, 6.07) is 12.1. The van der Waals surface area contributed by atoms with E-state index in [1.54, 1.807) is 24.7 Å². The van der Waals surface area contributed by atoms with Crippen molar-refractivity contribution in [2.45, 2.75) is 31.3 Å². The van der Waals surface area contributed by atoms with Crippen molar-refractivity contribution in [3.8, 4) is 0 Å². The van der Waals surface area contributed by atoms with Gasteiger partial charge in [0.2, 0.25) is 10.0 Å². The molecule has 0 aliphatic carbocycles. The molecule has 0 spiro atoms. The fraction of sp³-hybridized carbons (Fsp3) is 0.286. The molecule has 0 amide bonds. The van der Waals surface area contributed by atoms with Crippen molar-refractivity contribution in [3.05, 3.63) is 77.6 Å². The third-order valence-corrected chi connectivity index (χ3v) is 5.56. The van der Waals surface area contributed by atoms with Gasteiger partial charge in [0, 0.05) is 32.1 Å². The molecule has 3 aromatic rings. The molecule has 0 bridgehead atoms. The Morgan fingerprint density at radius 1 is 1.13 bits per heavy atom. The number of hydrogen-bond donors (Lipinski definition) is 2. The second-order valence-corrected chi connectivity index (χ2v) is 8.50. The van der Waals surface area contributed by atoms with Crippen LogP contribution in [0.25, 0.3) is 0 Å². The van der Waals surface area contributed by atoms with Gasteiger partial charge in [-0.1, -0.05) is 12.1 Å². The number of hydrogen-bond acceptors (Lipinski definition) is 5. The molecule has 31 heavy (non-hydrogen) atoms. The summed E-state index contributed by atoms with van der Waals surface area (Å²) in [5, 5.41) is 8.52. The monoisotopic (exact) mass is 558 g/mol. The van der Waals surface area contributed by atoms with E-state index in [0.717, 1.165) is 35.0 Å². The number of nitrogens with two attached hydrogens (primary N) is 1. The standard InChI is InChI=1S/C21H26N4O4S.HI/c1-16-18(10-13-28-16)15-25(2)21(23-11-9-19-4-3-12-29-19)24-14-17-5-7-20(8-6-17)30(22,26)27;/h3-8,10,12-13H,9,11,14-15H2,1-2H3,(H,23,24)(H2,22,26,27);1H. The van der Waals surface area contributed by atoms with Crippen molar-refractivity contribution in [1.82, 2.24) is 10.2 Å². The number of halogens is 1. The van der Waals surface area contributed by atoms with Crippen molar-refractivity contribution in [2.75, 3.05) is 13.6 Å². The molecule has 1 aromatic carbocycles. The second-order valence-electron chi connectivity index (χ2n) is 6.94. The molecule has 0 radical (unpaired) electrons. The summed E-state index contributed by atoms with van der Waals surface area (Å²) in [4.78, 5) is 6.80. The van der Waals surface area contributed by atoms with Crippen molar-refractivity contribution in [3.63, 3.8) is 0 Å². The van der Waals surface area contributed by atoms with Gasteiger partial charge in [-0.25, -0.2) is 18.5 Å². The quantitative estimate of drug-likeness (QED) is 0.249. The molecule has 0 atom stereocenters. The van der Waals surface area contributed by atoms with Gasteiger partial charge in [0.25, 0.3) is 0 Å². The number of benzene rings is 1. The highest BCUT2D eigenvalue weighted by atomic mass is 127. The highest BCUT2D eigenvalue weighted by Crippen LogP contribution is 2.13. The van der Waals surface area contributed by atoms with Crippen LogP contribution < -0.4 is 10.5 Å². The van der Waals surface area contributed by atoms with Gasteiger partial charge in [0.15, 0.2) is 5.96 Å². The van der Waals surface area contributed by atoms with Gasteiger partial charge in [0.1, 0.15) is 11.5 Å². The highest BCUT2D eigenvalue weighted by molar-refractivity contribution is 14.0. The first-order valence-electron chi connectivity index (χ1n) is 9.49. The lowest BCUT2D eigenvalue weighted by molar-refractivity contribution is 0.458. The fourth-order valence-corrected chi connectivity index (χ4v) is 3.44. The summed E-state index contributed by atoms with van der Waals surface area (Å²) >= 11 is 0. The van der Waals surface area contributed by atoms with Gasteiger partial charge < -0.3 is 19.1 Å². The van der Waals surface area contributed by atoms with E-state index in [4.69, 9.17) is 19.0 Å². The Morgan fingerprint density at radius 3 is 2.45 bits per heavy atom. The Hall–Kier alpha value is -2.31. The van der Waals surface area contributed by atoms with Crippen LogP contribution in [0.5, 0.6) is 0 Å². The fourth-order valence-electron chi connectivity index (χ4n) is 2.92. The Balaban J connectivity index is 0.00000341. The lowest BCUT2D eigenvalue weighted by atomic mass is 10.2. The van der Waals surface area contributed by atoms with Crippen LogP contribution in [0.1, 0.15) is 22.6 Å². The van der Waals surface area contributed by atoms with E-state index >= 15 is 0 Å². The number of aliphatic imine (C=N–C) groups is 1. The van der Waals surface area contributed by atoms with Gasteiger partial charge in [-0.3, -0.25) is 0 Å². The number of primary sulfonamides is 1. The number of furan rings is 2. The molecule has 0 aliphatic heterocycles. The summed E-state index contributed by atoms with van der Waals surface area (Å²) in [6.45, 7) is 3.62. The molecule has 8 nitrogen and oxygen atoms in total. The normalized spacial score (nSPS) is 11.8. The third-order valence-electron chi connectivity index (χ3n) is 4.63. The molecule has 168 valence electrons. The molecule has 3 rings (SSSR count). The number of nitrogens with zero attached hydrogens (tertiary/aromatic N) is 2. The van der Waals surface area contributed by atoms with Gasteiger partial charge in [-0.15, -0.1) is 24.0 Å². The van der Waals surface area contributed by atoms with Gasteiger partial charge >= 0.3 is 0 Å². The van der Waals surface area contributed by atoms with Crippen molar-refractivity contribution in [2.24, 2.45) is 10.1 Å². The van der Waals surface area contributed by atoms with Crippen molar-refractivity contribution >= 4 is 40.0 Å². The van der Waals surface area contributed by atoms with Crippen LogP contribution in [0.2, 0.25) is 0 Å². The number of sulfonamides is 1. The van der Waals surface area contributed by atoms with E-state index in [2.05, 4.69) is 5.32 Å².